The largest absolute Gasteiger partial charge is 0.294 e. The molecule has 3 aromatic carbocycles. The SMILES string of the molecule is Cc1ccc(S(=O)(=O)[C@@H](CC(=O)c2cccc([N+](=O)[O-])c2)c2ccccc2Cl)cc1. The Kier molecular flexibility index (Phi) is 6.34. The number of Topliss-reactive ketones (excluding diaryl/α,β-unsaturated/α-hetero) is 1. The van der Waals surface area contributed by atoms with Gasteiger partial charge in [0.15, 0.2) is 15.6 Å². The molecule has 0 fully saturated rings. The van der Waals surface area contributed by atoms with Gasteiger partial charge in [0.2, 0.25) is 0 Å². The highest BCUT2D eigenvalue weighted by atomic mass is 35.5. The van der Waals surface area contributed by atoms with Crippen molar-refractivity contribution in [2.24, 2.45) is 0 Å². The van der Waals surface area contributed by atoms with Crippen LogP contribution in [0.15, 0.2) is 77.7 Å². The van der Waals surface area contributed by atoms with E-state index >= 15 is 0 Å². The Bertz CT molecular complexity index is 1210. The third-order valence-corrected chi connectivity index (χ3v) is 7.17. The molecule has 0 radical (unpaired) electrons. The monoisotopic (exact) mass is 443 g/mol. The normalized spacial score (nSPS) is 12.3. The van der Waals surface area contributed by atoms with Gasteiger partial charge in [-0.15, -0.1) is 0 Å². The van der Waals surface area contributed by atoms with Crippen molar-refractivity contribution in [1.29, 1.82) is 0 Å². The second kappa shape index (κ2) is 8.77. The number of carbonyl (C=O) groups is 1. The van der Waals surface area contributed by atoms with E-state index in [1.54, 1.807) is 36.4 Å². The maximum absolute atomic E-state index is 13.4. The van der Waals surface area contributed by atoms with Gasteiger partial charge in [-0.3, -0.25) is 14.9 Å². The van der Waals surface area contributed by atoms with Crippen LogP contribution in [-0.2, 0) is 9.84 Å². The van der Waals surface area contributed by atoms with Crippen molar-refractivity contribution in [3.8, 4) is 0 Å². The molecule has 6 nitrogen and oxygen atoms in total. The van der Waals surface area contributed by atoms with Crippen molar-refractivity contribution in [2.45, 2.75) is 23.5 Å². The van der Waals surface area contributed by atoms with Gasteiger partial charge in [0, 0.05) is 29.1 Å². The zero-order valence-electron chi connectivity index (χ0n) is 16.0. The van der Waals surface area contributed by atoms with Crippen LogP contribution in [0.4, 0.5) is 5.69 Å². The van der Waals surface area contributed by atoms with Gasteiger partial charge in [-0.25, -0.2) is 8.42 Å². The molecule has 0 bridgehead atoms. The first-order valence-corrected chi connectivity index (χ1v) is 10.9. The van der Waals surface area contributed by atoms with Gasteiger partial charge in [0.1, 0.15) is 0 Å². The summed E-state index contributed by atoms with van der Waals surface area (Å²) in [6.45, 7) is 1.84. The maximum Gasteiger partial charge on any atom is 0.270 e. The van der Waals surface area contributed by atoms with Crippen molar-refractivity contribution in [1.82, 2.24) is 0 Å². The number of sulfone groups is 1. The molecule has 0 amide bonds. The summed E-state index contributed by atoms with van der Waals surface area (Å²) in [5.74, 6) is -0.528. The van der Waals surface area contributed by atoms with Crippen LogP contribution in [0.2, 0.25) is 5.02 Å². The van der Waals surface area contributed by atoms with E-state index in [0.717, 1.165) is 11.6 Å². The Morgan fingerprint density at radius 1 is 1.03 bits per heavy atom. The minimum Gasteiger partial charge on any atom is -0.294 e. The van der Waals surface area contributed by atoms with Gasteiger partial charge in [-0.1, -0.05) is 59.6 Å². The first-order valence-electron chi connectivity index (χ1n) is 9.03. The van der Waals surface area contributed by atoms with Crippen molar-refractivity contribution in [3.63, 3.8) is 0 Å². The van der Waals surface area contributed by atoms with E-state index in [2.05, 4.69) is 0 Å². The summed E-state index contributed by atoms with van der Waals surface area (Å²) in [5.41, 5.74) is 1.03. The van der Waals surface area contributed by atoms with Crippen LogP contribution in [0.25, 0.3) is 0 Å². The van der Waals surface area contributed by atoms with Crippen LogP contribution >= 0.6 is 11.6 Å². The number of rotatable bonds is 7. The molecule has 0 aliphatic heterocycles. The summed E-state index contributed by atoms with van der Waals surface area (Å²) in [6, 6.07) is 18.0. The summed E-state index contributed by atoms with van der Waals surface area (Å²) in [5, 5.41) is 10.0. The van der Waals surface area contributed by atoms with E-state index in [9.17, 15) is 23.3 Å². The van der Waals surface area contributed by atoms with Crippen LogP contribution in [0.3, 0.4) is 0 Å². The third-order valence-electron chi connectivity index (χ3n) is 4.73. The summed E-state index contributed by atoms with van der Waals surface area (Å²) in [6.07, 6.45) is -0.402. The summed E-state index contributed by atoms with van der Waals surface area (Å²) in [7, 11) is -3.96. The molecule has 0 heterocycles. The predicted molar refractivity (Wildman–Crippen MR) is 115 cm³/mol. The Morgan fingerprint density at radius 3 is 2.33 bits per heavy atom. The fraction of sp³-hybridized carbons (Fsp3) is 0.136. The Hall–Kier alpha value is -3.03. The molecule has 30 heavy (non-hydrogen) atoms. The van der Waals surface area contributed by atoms with Gasteiger partial charge >= 0.3 is 0 Å². The van der Waals surface area contributed by atoms with Crippen molar-refractivity contribution >= 4 is 32.9 Å². The zero-order valence-corrected chi connectivity index (χ0v) is 17.6. The molecule has 0 saturated carbocycles. The van der Waals surface area contributed by atoms with Gasteiger partial charge in [0.25, 0.3) is 5.69 Å². The number of nitro benzene ring substituents is 1. The lowest BCUT2D eigenvalue weighted by atomic mass is 10.0. The van der Waals surface area contributed by atoms with Crippen molar-refractivity contribution < 1.29 is 18.1 Å². The molecule has 0 aliphatic rings. The van der Waals surface area contributed by atoms with E-state index in [0.29, 0.717) is 5.56 Å². The quantitative estimate of drug-likeness (QED) is 0.279. The number of benzene rings is 3. The fourth-order valence-corrected chi connectivity index (χ4v) is 5.18. The summed E-state index contributed by atoms with van der Waals surface area (Å²) in [4.78, 5) is 23.4. The molecule has 3 rings (SSSR count). The van der Waals surface area contributed by atoms with Gasteiger partial charge in [0.05, 0.1) is 15.1 Å². The van der Waals surface area contributed by atoms with E-state index in [1.807, 2.05) is 6.92 Å². The van der Waals surface area contributed by atoms with Crippen molar-refractivity contribution in [2.75, 3.05) is 0 Å². The Morgan fingerprint density at radius 2 is 1.70 bits per heavy atom. The number of hydrogen-bond donors (Lipinski definition) is 0. The first-order chi connectivity index (χ1) is 14.2. The van der Waals surface area contributed by atoms with Gasteiger partial charge in [-0.05, 0) is 30.7 Å². The molecule has 1 atom stereocenters. The lowest BCUT2D eigenvalue weighted by Gasteiger charge is -2.19. The lowest BCUT2D eigenvalue weighted by Crippen LogP contribution is -2.18. The minimum atomic E-state index is -3.96. The summed E-state index contributed by atoms with van der Waals surface area (Å²) >= 11 is 6.27. The highest BCUT2D eigenvalue weighted by Crippen LogP contribution is 2.36. The molecule has 0 N–H and O–H groups in total. The van der Waals surface area contributed by atoms with Crippen LogP contribution in [0, 0.1) is 17.0 Å². The fourth-order valence-electron chi connectivity index (χ4n) is 3.09. The van der Waals surface area contributed by atoms with Crippen LogP contribution in [0.5, 0.6) is 0 Å². The number of carbonyl (C=O) groups excluding carboxylic acids is 1. The van der Waals surface area contributed by atoms with Gasteiger partial charge < -0.3 is 0 Å². The van der Waals surface area contributed by atoms with E-state index in [-0.39, 0.29) is 21.2 Å². The van der Waals surface area contributed by atoms with Crippen LogP contribution < -0.4 is 0 Å². The highest BCUT2D eigenvalue weighted by molar-refractivity contribution is 7.91. The number of nitrogens with zero attached hydrogens (tertiary/aromatic N) is 1. The molecule has 0 saturated heterocycles. The highest BCUT2D eigenvalue weighted by Gasteiger charge is 2.33. The maximum atomic E-state index is 13.4. The number of ketones is 1. The smallest absolute Gasteiger partial charge is 0.270 e. The molecule has 0 spiro atoms. The number of nitro groups is 1. The topological polar surface area (TPSA) is 94.3 Å². The Balaban J connectivity index is 2.06. The van der Waals surface area contributed by atoms with Crippen LogP contribution in [0.1, 0.15) is 33.2 Å². The average Bonchev–Trinajstić information content (AvgIpc) is 2.73. The van der Waals surface area contributed by atoms with E-state index in [1.165, 1.54) is 30.3 Å². The minimum absolute atomic E-state index is 0.0698. The zero-order chi connectivity index (χ0) is 21.9. The first kappa shape index (κ1) is 21.7. The lowest BCUT2D eigenvalue weighted by molar-refractivity contribution is -0.384. The predicted octanol–water partition coefficient (Wildman–Crippen LogP) is 5.34. The number of non-ortho nitro benzene ring substituents is 1. The summed E-state index contributed by atoms with van der Waals surface area (Å²) < 4.78 is 26.8. The molecular weight excluding hydrogens is 426 g/mol. The molecule has 0 aliphatic carbocycles. The molecule has 0 aromatic heterocycles. The van der Waals surface area contributed by atoms with Gasteiger partial charge in [-0.2, -0.15) is 0 Å². The average molecular weight is 444 g/mol. The second-order valence-corrected chi connectivity index (χ2v) is 9.34. The molecule has 3 aromatic rings. The van der Waals surface area contributed by atoms with E-state index < -0.39 is 32.2 Å². The number of aryl methyl sites for hydroxylation is 1. The molecular formula is C22H18ClNO5S. The molecule has 154 valence electrons. The third kappa shape index (κ3) is 4.58. The second-order valence-electron chi connectivity index (χ2n) is 6.80. The number of hydrogen-bond acceptors (Lipinski definition) is 5. The molecule has 8 heteroatoms. The van der Waals surface area contributed by atoms with E-state index in [4.69, 9.17) is 11.6 Å². The molecule has 0 unspecified atom stereocenters. The van der Waals surface area contributed by atoms with Crippen molar-refractivity contribution in [3.05, 3.63) is 105 Å². The number of halogens is 1. The van der Waals surface area contributed by atoms with Crippen LogP contribution in [-0.4, -0.2) is 19.1 Å². The Labute approximate surface area is 179 Å². The standard InChI is InChI=1S/C22H18ClNO5S/c1-15-9-11-18(12-10-15)30(28,29)22(19-7-2-3-8-20(19)23)14-21(25)16-5-4-6-17(13-16)24(26)27/h2-13,22H,14H2,1H3/t22-/m0/s1.